The van der Waals surface area contributed by atoms with E-state index in [4.69, 9.17) is 11.0 Å². The van der Waals surface area contributed by atoms with Gasteiger partial charge in [-0.3, -0.25) is 9.69 Å². The van der Waals surface area contributed by atoms with Crippen LogP contribution >= 0.6 is 0 Å². The number of hydrogen-bond acceptors (Lipinski definition) is 5. The monoisotopic (exact) mass is 303 g/mol. The number of aliphatic imine (C=N–C) groups is 1. The van der Waals surface area contributed by atoms with Crippen molar-refractivity contribution in [3.05, 3.63) is 23.5 Å². The highest BCUT2D eigenvalue weighted by molar-refractivity contribution is 5.75. The van der Waals surface area contributed by atoms with Gasteiger partial charge in [-0.2, -0.15) is 5.26 Å². The first kappa shape index (κ1) is 17.9. The van der Waals surface area contributed by atoms with Crippen molar-refractivity contribution in [1.29, 1.82) is 5.26 Å². The van der Waals surface area contributed by atoms with E-state index in [0.717, 1.165) is 44.0 Å². The lowest BCUT2D eigenvalue weighted by Gasteiger charge is -2.35. The number of primary amides is 1. The number of nitriles is 1. The molecule has 1 amide bonds. The number of piperazine rings is 1. The Morgan fingerprint density at radius 1 is 1.36 bits per heavy atom. The lowest BCUT2D eigenvalue weighted by molar-refractivity contribution is -0.119. The molecule has 22 heavy (non-hydrogen) atoms. The van der Waals surface area contributed by atoms with E-state index in [0.29, 0.717) is 13.0 Å². The molecule has 0 aromatic rings. The molecule has 120 valence electrons. The summed E-state index contributed by atoms with van der Waals surface area (Å²) in [5.41, 5.74) is 6.32. The number of amides is 1. The summed E-state index contributed by atoms with van der Waals surface area (Å²) in [6.45, 7) is 7.49. The predicted octanol–water partition coefficient (Wildman–Crippen LogP) is 1.27. The number of carbonyl (C=O) groups excluding carboxylic acids is 1. The molecule has 0 aliphatic carbocycles. The van der Waals surface area contributed by atoms with Gasteiger partial charge >= 0.3 is 0 Å². The molecule has 2 N–H and O–H groups in total. The summed E-state index contributed by atoms with van der Waals surface area (Å²) in [7, 11) is 0. The van der Waals surface area contributed by atoms with Crippen molar-refractivity contribution in [2.75, 3.05) is 32.7 Å². The lowest BCUT2D eigenvalue weighted by Crippen LogP contribution is -2.48. The molecule has 0 saturated carbocycles. The quantitative estimate of drug-likeness (QED) is 0.436. The van der Waals surface area contributed by atoms with Crippen LogP contribution in [0.3, 0.4) is 0 Å². The van der Waals surface area contributed by atoms with Crippen LogP contribution in [0.1, 0.15) is 26.7 Å². The van der Waals surface area contributed by atoms with Gasteiger partial charge in [-0.15, -0.1) is 0 Å². The van der Waals surface area contributed by atoms with Gasteiger partial charge in [0.05, 0.1) is 12.6 Å². The highest BCUT2D eigenvalue weighted by Gasteiger charge is 2.20. The van der Waals surface area contributed by atoms with E-state index in [-0.39, 0.29) is 5.91 Å². The van der Waals surface area contributed by atoms with Gasteiger partial charge in [0.1, 0.15) is 5.82 Å². The molecule has 1 saturated heterocycles. The van der Waals surface area contributed by atoms with Crippen LogP contribution in [0.4, 0.5) is 0 Å². The Bertz CT molecular complexity index is 493. The molecular weight excluding hydrogens is 278 g/mol. The van der Waals surface area contributed by atoms with Crippen molar-refractivity contribution in [3.63, 3.8) is 0 Å². The molecule has 0 spiro atoms. The van der Waals surface area contributed by atoms with Crippen molar-refractivity contribution in [3.8, 4) is 6.07 Å². The fourth-order valence-corrected chi connectivity index (χ4v) is 2.38. The summed E-state index contributed by atoms with van der Waals surface area (Å²) in [6.07, 6.45) is 7.10. The van der Waals surface area contributed by atoms with Gasteiger partial charge in [0.15, 0.2) is 0 Å². The zero-order valence-corrected chi connectivity index (χ0v) is 13.5. The molecule has 0 aromatic heterocycles. The Morgan fingerprint density at radius 2 is 2.05 bits per heavy atom. The number of hydrogen-bond donors (Lipinski definition) is 1. The molecule has 6 heteroatoms. The smallest absolute Gasteiger partial charge is 0.231 e. The van der Waals surface area contributed by atoms with Gasteiger partial charge in [-0.25, -0.2) is 4.99 Å². The molecule has 1 heterocycles. The van der Waals surface area contributed by atoms with Crippen molar-refractivity contribution in [2.24, 2.45) is 10.7 Å². The van der Waals surface area contributed by atoms with Crippen LogP contribution in [0.2, 0.25) is 0 Å². The number of carbonyl (C=O) groups is 1. The van der Waals surface area contributed by atoms with E-state index < -0.39 is 0 Å². The summed E-state index contributed by atoms with van der Waals surface area (Å²) in [5.74, 6) is 0.668. The minimum Gasteiger partial charge on any atom is -0.369 e. The molecule has 1 aliphatic heterocycles. The van der Waals surface area contributed by atoms with E-state index in [9.17, 15) is 4.79 Å². The van der Waals surface area contributed by atoms with Crippen LogP contribution in [0.5, 0.6) is 0 Å². The summed E-state index contributed by atoms with van der Waals surface area (Å²) in [5, 5.41) is 8.55. The van der Waals surface area contributed by atoms with Crippen LogP contribution in [0, 0.1) is 11.3 Å². The van der Waals surface area contributed by atoms with Gasteiger partial charge in [0.2, 0.25) is 5.91 Å². The molecule has 1 aliphatic rings. The Balaban J connectivity index is 2.70. The molecule has 6 nitrogen and oxygen atoms in total. The summed E-state index contributed by atoms with van der Waals surface area (Å²) < 4.78 is 0. The SMILES string of the molecule is C/C=N\C(=C(\C)C=CCCC#N)N1CCN(CC(N)=O)CC1. The first-order valence-electron chi connectivity index (χ1n) is 7.57. The van der Waals surface area contributed by atoms with Crippen LogP contribution in [-0.2, 0) is 4.79 Å². The third kappa shape index (κ3) is 6.10. The second-order valence-corrected chi connectivity index (χ2v) is 5.22. The number of nitrogens with two attached hydrogens (primary N) is 1. The maximum absolute atomic E-state index is 11.0. The van der Waals surface area contributed by atoms with E-state index in [1.165, 1.54) is 0 Å². The minimum absolute atomic E-state index is 0.285. The van der Waals surface area contributed by atoms with Crippen LogP contribution in [0.25, 0.3) is 0 Å². The van der Waals surface area contributed by atoms with Crippen LogP contribution in [-0.4, -0.2) is 54.6 Å². The molecular formula is C16H25N5O. The zero-order valence-electron chi connectivity index (χ0n) is 13.5. The topological polar surface area (TPSA) is 85.7 Å². The molecule has 1 fully saturated rings. The van der Waals surface area contributed by atoms with Gasteiger partial charge in [0.25, 0.3) is 0 Å². The molecule has 1 rings (SSSR count). The molecule has 0 aromatic carbocycles. The zero-order chi connectivity index (χ0) is 16.4. The molecule has 0 unspecified atom stereocenters. The molecule has 0 bridgehead atoms. The maximum Gasteiger partial charge on any atom is 0.231 e. The highest BCUT2D eigenvalue weighted by atomic mass is 16.1. The van der Waals surface area contributed by atoms with Crippen molar-refractivity contribution in [2.45, 2.75) is 26.7 Å². The predicted molar refractivity (Wildman–Crippen MR) is 88.1 cm³/mol. The largest absolute Gasteiger partial charge is 0.369 e. The fraction of sp³-hybridized carbons (Fsp3) is 0.562. The van der Waals surface area contributed by atoms with Gasteiger partial charge in [-0.05, 0) is 25.8 Å². The Hall–Kier alpha value is -2.13. The third-order valence-corrected chi connectivity index (χ3v) is 3.45. The average Bonchev–Trinajstić information content (AvgIpc) is 2.49. The molecule has 0 radical (unpaired) electrons. The molecule has 0 atom stereocenters. The second kappa shape index (κ2) is 9.74. The number of unbranched alkanes of at least 4 members (excludes halogenated alkanes) is 1. The van der Waals surface area contributed by atoms with Crippen molar-refractivity contribution < 1.29 is 4.79 Å². The second-order valence-electron chi connectivity index (χ2n) is 5.22. The Kier molecular flexibility index (Phi) is 7.94. The maximum atomic E-state index is 11.0. The fourth-order valence-electron chi connectivity index (χ4n) is 2.38. The van der Waals surface area contributed by atoms with Gasteiger partial charge in [-0.1, -0.05) is 12.2 Å². The lowest BCUT2D eigenvalue weighted by atomic mass is 10.2. The highest BCUT2D eigenvalue weighted by Crippen LogP contribution is 2.16. The van der Waals surface area contributed by atoms with Gasteiger partial charge in [0, 0.05) is 38.8 Å². The third-order valence-electron chi connectivity index (χ3n) is 3.45. The van der Waals surface area contributed by atoms with E-state index in [1.807, 2.05) is 26.0 Å². The average molecular weight is 303 g/mol. The Labute approximate surface area is 132 Å². The first-order chi connectivity index (χ1) is 10.6. The number of rotatable bonds is 7. The van der Waals surface area contributed by atoms with Crippen LogP contribution < -0.4 is 5.73 Å². The Morgan fingerprint density at radius 3 is 2.59 bits per heavy atom. The summed E-state index contributed by atoms with van der Waals surface area (Å²) >= 11 is 0. The van der Waals surface area contributed by atoms with E-state index in [1.54, 1.807) is 6.21 Å². The van der Waals surface area contributed by atoms with E-state index in [2.05, 4.69) is 20.9 Å². The van der Waals surface area contributed by atoms with Gasteiger partial charge < -0.3 is 10.6 Å². The number of nitrogens with zero attached hydrogens (tertiary/aromatic N) is 4. The van der Waals surface area contributed by atoms with Crippen LogP contribution in [0.15, 0.2) is 28.5 Å². The number of allylic oxidation sites excluding steroid dienone is 3. The van der Waals surface area contributed by atoms with Crippen molar-refractivity contribution >= 4 is 12.1 Å². The van der Waals surface area contributed by atoms with Crippen molar-refractivity contribution in [1.82, 2.24) is 9.80 Å². The minimum atomic E-state index is -0.285. The standard InChI is InChI=1S/C16H25N5O/c1-3-19-16(14(2)7-5-4-6-8-17)21-11-9-20(10-12-21)13-15(18)22/h3,5,7H,4,6,9-13H2,1-2H3,(H2,18,22)/b7-5?,16-14+,19-3-. The first-order valence-corrected chi connectivity index (χ1v) is 7.57. The summed E-state index contributed by atoms with van der Waals surface area (Å²) in [4.78, 5) is 19.7. The van der Waals surface area contributed by atoms with E-state index >= 15 is 0 Å². The normalized spacial score (nSPS) is 17.8. The summed E-state index contributed by atoms with van der Waals surface area (Å²) in [6, 6.07) is 2.13.